The summed E-state index contributed by atoms with van der Waals surface area (Å²) < 4.78 is 12.9. The van der Waals surface area contributed by atoms with Crippen molar-refractivity contribution in [1.82, 2.24) is 15.1 Å². The Hall–Kier alpha value is -2.44. The van der Waals surface area contributed by atoms with E-state index in [0.717, 1.165) is 5.56 Å². The van der Waals surface area contributed by atoms with Crippen molar-refractivity contribution in [1.29, 1.82) is 0 Å². The molecule has 0 unspecified atom stereocenters. The number of rotatable bonds is 6. The van der Waals surface area contributed by atoms with Gasteiger partial charge < -0.3 is 15.1 Å². The number of hydrogen-bond acceptors (Lipinski definition) is 3. The largest absolute Gasteiger partial charge is 0.356 e. The molecule has 0 saturated carbocycles. The quantitative estimate of drug-likeness (QED) is 0.832. The molecule has 7 heteroatoms. The van der Waals surface area contributed by atoms with Crippen LogP contribution in [-0.4, -0.2) is 60.2 Å². The number of nitrogens with zero attached hydrogens (tertiary/aromatic N) is 2. The molecular formula is C18H24FN3O3. The highest BCUT2D eigenvalue weighted by Crippen LogP contribution is 2.09. The molecule has 0 atom stereocenters. The Balaban J connectivity index is 1.70. The molecule has 136 valence electrons. The van der Waals surface area contributed by atoms with Gasteiger partial charge in [0.25, 0.3) is 0 Å². The van der Waals surface area contributed by atoms with Gasteiger partial charge in [-0.3, -0.25) is 14.4 Å². The summed E-state index contributed by atoms with van der Waals surface area (Å²) >= 11 is 0. The van der Waals surface area contributed by atoms with E-state index >= 15 is 0 Å². The summed E-state index contributed by atoms with van der Waals surface area (Å²) in [6.45, 7) is 3.83. The van der Waals surface area contributed by atoms with Crippen molar-refractivity contribution < 1.29 is 18.8 Å². The first kappa shape index (κ1) is 18.9. The maximum Gasteiger partial charge on any atom is 0.224 e. The van der Waals surface area contributed by atoms with Gasteiger partial charge in [0.1, 0.15) is 5.82 Å². The third kappa shape index (κ3) is 6.17. The van der Waals surface area contributed by atoms with Crippen LogP contribution in [0.2, 0.25) is 0 Å². The van der Waals surface area contributed by atoms with Crippen LogP contribution in [0.15, 0.2) is 24.3 Å². The summed E-state index contributed by atoms with van der Waals surface area (Å²) in [7, 11) is 0. The molecule has 0 radical (unpaired) electrons. The Morgan fingerprint density at radius 3 is 2.00 bits per heavy atom. The van der Waals surface area contributed by atoms with Gasteiger partial charge in [0.15, 0.2) is 0 Å². The number of halogens is 1. The molecule has 0 aromatic heterocycles. The van der Waals surface area contributed by atoms with Crippen molar-refractivity contribution in [3.05, 3.63) is 35.6 Å². The average Bonchev–Trinajstić information content (AvgIpc) is 2.60. The number of carbonyl (C=O) groups excluding carboxylic acids is 3. The zero-order valence-electron chi connectivity index (χ0n) is 14.5. The van der Waals surface area contributed by atoms with Crippen molar-refractivity contribution in [2.75, 3.05) is 32.7 Å². The van der Waals surface area contributed by atoms with Crippen LogP contribution in [0.1, 0.15) is 25.3 Å². The minimum absolute atomic E-state index is 0.00726. The van der Waals surface area contributed by atoms with E-state index < -0.39 is 0 Å². The average molecular weight is 349 g/mol. The highest BCUT2D eigenvalue weighted by atomic mass is 19.1. The van der Waals surface area contributed by atoms with Crippen molar-refractivity contribution in [2.45, 2.75) is 26.2 Å². The normalized spacial score (nSPS) is 14.3. The Morgan fingerprint density at radius 2 is 1.48 bits per heavy atom. The summed E-state index contributed by atoms with van der Waals surface area (Å²) in [5.74, 6) is -0.388. The van der Waals surface area contributed by atoms with Gasteiger partial charge in [0.2, 0.25) is 17.7 Å². The highest BCUT2D eigenvalue weighted by Gasteiger charge is 2.23. The fourth-order valence-corrected chi connectivity index (χ4v) is 2.77. The van der Waals surface area contributed by atoms with Gasteiger partial charge in [-0.2, -0.15) is 0 Å². The van der Waals surface area contributed by atoms with Crippen LogP contribution in [0.3, 0.4) is 0 Å². The molecule has 6 nitrogen and oxygen atoms in total. The predicted molar refractivity (Wildman–Crippen MR) is 91.2 cm³/mol. The number of hydrogen-bond donors (Lipinski definition) is 1. The molecule has 2 rings (SSSR count). The van der Waals surface area contributed by atoms with Crippen molar-refractivity contribution in [3.8, 4) is 0 Å². The van der Waals surface area contributed by atoms with Gasteiger partial charge >= 0.3 is 0 Å². The molecule has 0 aliphatic carbocycles. The molecule has 1 saturated heterocycles. The Bertz CT molecular complexity index is 610. The second-order valence-corrected chi connectivity index (χ2v) is 6.12. The second kappa shape index (κ2) is 9.15. The lowest BCUT2D eigenvalue weighted by Gasteiger charge is -2.35. The molecule has 1 fully saturated rings. The Labute approximate surface area is 147 Å². The lowest BCUT2D eigenvalue weighted by atomic mass is 10.1. The van der Waals surface area contributed by atoms with Crippen LogP contribution in [0.5, 0.6) is 0 Å². The number of aryl methyl sites for hydroxylation is 1. The zero-order chi connectivity index (χ0) is 18.2. The molecule has 1 aliphatic heterocycles. The van der Waals surface area contributed by atoms with E-state index in [-0.39, 0.29) is 30.0 Å². The van der Waals surface area contributed by atoms with Crippen LogP contribution < -0.4 is 5.32 Å². The maximum absolute atomic E-state index is 12.9. The van der Waals surface area contributed by atoms with Crippen molar-refractivity contribution in [2.24, 2.45) is 0 Å². The summed E-state index contributed by atoms with van der Waals surface area (Å²) in [4.78, 5) is 38.6. The van der Waals surface area contributed by atoms with E-state index in [1.54, 1.807) is 21.9 Å². The van der Waals surface area contributed by atoms with Gasteiger partial charge in [-0.05, 0) is 24.1 Å². The number of nitrogens with one attached hydrogen (secondary N) is 1. The van der Waals surface area contributed by atoms with Gasteiger partial charge in [-0.25, -0.2) is 4.39 Å². The fourth-order valence-electron chi connectivity index (χ4n) is 2.77. The third-order valence-electron chi connectivity index (χ3n) is 4.24. The summed E-state index contributed by atoms with van der Waals surface area (Å²) in [5, 5.41) is 2.60. The topological polar surface area (TPSA) is 69.7 Å². The molecule has 1 N–H and O–H groups in total. The lowest BCUT2D eigenvalue weighted by molar-refractivity contribution is -0.139. The molecule has 3 amide bonds. The second-order valence-electron chi connectivity index (χ2n) is 6.12. The number of piperazine rings is 1. The SMILES string of the molecule is CC(=O)NCCC(=O)N1CCN(C(=O)CCc2ccc(F)cc2)CC1. The third-order valence-corrected chi connectivity index (χ3v) is 4.24. The molecule has 1 aromatic carbocycles. The highest BCUT2D eigenvalue weighted by molar-refractivity contribution is 5.79. The van der Waals surface area contributed by atoms with Crippen molar-refractivity contribution in [3.63, 3.8) is 0 Å². The summed E-state index contributed by atoms with van der Waals surface area (Å²) in [6.07, 6.45) is 1.23. The van der Waals surface area contributed by atoms with Gasteiger partial charge in [0.05, 0.1) is 0 Å². The number of amides is 3. The first-order valence-corrected chi connectivity index (χ1v) is 8.50. The molecule has 1 aliphatic rings. The van der Waals surface area contributed by atoms with Crippen molar-refractivity contribution >= 4 is 17.7 Å². The van der Waals surface area contributed by atoms with Gasteiger partial charge in [-0.1, -0.05) is 12.1 Å². The lowest BCUT2D eigenvalue weighted by Crippen LogP contribution is -2.51. The minimum Gasteiger partial charge on any atom is -0.356 e. The Kier molecular flexibility index (Phi) is 6.91. The molecule has 0 spiro atoms. The van der Waals surface area contributed by atoms with E-state index in [1.165, 1.54) is 19.1 Å². The van der Waals surface area contributed by atoms with E-state index in [9.17, 15) is 18.8 Å². The standard InChI is InChI=1S/C18H24FN3O3/c1-14(23)20-9-8-18(25)22-12-10-21(11-13-22)17(24)7-4-15-2-5-16(19)6-3-15/h2-3,5-6H,4,7-13H2,1H3,(H,20,23). The fraction of sp³-hybridized carbons (Fsp3) is 0.500. The first-order valence-electron chi connectivity index (χ1n) is 8.50. The molecule has 25 heavy (non-hydrogen) atoms. The maximum atomic E-state index is 12.9. The van der Waals surface area contributed by atoms with Crippen LogP contribution in [0.25, 0.3) is 0 Å². The number of carbonyl (C=O) groups is 3. The minimum atomic E-state index is -0.283. The zero-order valence-corrected chi connectivity index (χ0v) is 14.5. The van der Waals surface area contributed by atoms with E-state index in [1.807, 2.05) is 0 Å². The smallest absolute Gasteiger partial charge is 0.224 e. The predicted octanol–water partition coefficient (Wildman–Crippen LogP) is 0.955. The van der Waals surface area contributed by atoms with Crippen LogP contribution >= 0.6 is 0 Å². The van der Waals surface area contributed by atoms with Gasteiger partial charge in [0, 0.05) is 52.5 Å². The monoisotopic (exact) mass is 349 g/mol. The van der Waals surface area contributed by atoms with Crippen LogP contribution in [0, 0.1) is 5.82 Å². The Morgan fingerprint density at radius 1 is 0.960 bits per heavy atom. The summed E-state index contributed by atoms with van der Waals surface area (Å²) in [6, 6.07) is 6.17. The molecular weight excluding hydrogens is 325 g/mol. The molecule has 1 heterocycles. The van der Waals surface area contributed by atoms with E-state index in [4.69, 9.17) is 0 Å². The van der Waals surface area contributed by atoms with E-state index in [2.05, 4.69) is 5.32 Å². The molecule has 1 aromatic rings. The molecule has 0 bridgehead atoms. The first-order chi connectivity index (χ1) is 12.0. The van der Waals surface area contributed by atoms with E-state index in [0.29, 0.717) is 45.6 Å². The number of benzene rings is 1. The van der Waals surface area contributed by atoms with Crippen LogP contribution in [0.4, 0.5) is 4.39 Å². The van der Waals surface area contributed by atoms with Crippen LogP contribution in [-0.2, 0) is 20.8 Å². The van der Waals surface area contributed by atoms with Gasteiger partial charge in [-0.15, -0.1) is 0 Å². The summed E-state index contributed by atoms with van der Waals surface area (Å²) in [5.41, 5.74) is 0.932.